The molecule has 1 fully saturated rings. The maximum Gasteiger partial charge on any atom is 0.372 e. The van der Waals surface area contributed by atoms with Crippen molar-refractivity contribution in [3.8, 4) is 0 Å². The molecule has 0 unspecified atom stereocenters. The van der Waals surface area contributed by atoms with E-state index in [9.17, 15) is 4.79 Å². The number of aryl methyl sites for hydroxylation is 1. The molecule has 0 atom stereocenters. The number of rotatable bonds is 3. The average molecular weight is 287 g/mol. The van der Waals surface area contributed by atoms with Crippen LogP contribution in [0, 0.1) is 12.8 Å². The Bertz CT molecular complexity index is 666. The molecule has 1 aromatic carbocycles. The van der Waals surface area contributed by atoms with E-state index in [1.165, 1.54) is 18.4 Å². The van der Waals surface area contributed by atoms with Crippen LogP contribution in [0.2, 0.25) is 0 Å². The molecular weight excluding hydrogens is 266 g/mol. The third kappa shape index (κ3) is 2.81. The number of benzene rings is 1. The number of aromatic carboxylic acids is 1. The number of piperidine rings is 1. The fourth-order valence-corrected chi connectivity index (χ4v) is 3.05. The van der Waals surface area contributed by atoms with Crippen LogP contribution in [-0.4, -0.2) is 29.1 Å². The lowest BCUT2D eigenvalue weighted by Gasteiger charge is -2.30. The molecule has 0 spiro atoms. The molecule has 1 N–H and O–H groups in total. The molecule has 2 heterocycles. The SMILES string of the molecule is Cc1c(C(=O)O)oc2ccc(CN3CCC(C)CC3)cc12. The average Bonchev–Trinajstić information content (AvgIpc) is 2.79. The molecule has 1 aliphatic rings. The van der Waals surface area contributed by atoms with E-state index in [1.807, 2.05) is 19.1 Å². The molecule has 3 rings (SSSR count). The summed E-state index contributed by atoms with van der Waals surface area (Å²) >= 11 is 0. The van der Waals surface area contributed by atoms with Crippen LogP contribution in [0.5, 0.6) is 0 Å². The lowest BCUT2D eigenvalue weighted by molar-refractivity contribution is 0.0664. The smallest absolute Gasteiger partial charge is 0.372 e. The van der Waals surface area contributed by atoms with E-state index in [0.717, 1.165) is 30.9 Å². The summed E-state index contributed by atoms with van der Waals surface area (Å²) in [5.41, 5.74) is 2.59. The van der Waals surface area contributed by atoms with Crippen LogP contribution in [0.25, 0.3) is 11.0 Å². The lowest BCUT2D eigenvalue weighted by atomic mass is 9.98. The van der Waals surface area contributed by atoms with Gasteiger partial charge in [0.05, 0.1) is 0 Å². The minimum absolute atomic E-state index is 0.0500. The third-order valence-electron chi connectivity index (χ3n) is 4.48. The quantitative estimate of drug-likeness (QED) is 0.935. The lowest BCUT2D eigenvalue weighted by Crippen LogP contribution is -2.32. The van der Waals surface area contributed by atoms with Gasteiger partial charge in [-0.2, -0.15) is 0 Å². The van der Waals surface area contributed by atoms with E-state index >= 15 is 0 Å². The van der Waals surface area contributed by atoms with Gasteiger partial charge in [-0.3, -0.25) is 4.90 Å². The van der Waals surface area contributed by atoms with Crippen LogP contribution in [-0.2, 0) is 6.54 Å². The second-order valence-electron chi connectivity index (χ2n) is 6.15. The van der Waals surface area contributed by atoms with E-state index in [4.69, 9.17) is 9.52 Å². The van der Waals surface area contributed by atoms with Gasteiger partial charge in [0.1, 0.15) is 5.58 Å². The highest BCUT2D eigenvalue weighted by Crippen LogP contribution is 2.27. The van der Waals surface area contributed by atoms with Crippen LogP contribution < -0.4 is 0 Å². The molecule has 1 aromatic heterocycles. The molecule has 1 aliphatic heterocycles. The van der Waals surface area contributed by atoms with Crippen molar-refractivity contribution in [3.63, 3.8) is 0 Å². The van der Waals surface area contributed by atoms with Gasteiger partial charge in [0.25, 0.3) is 0 Å². The number of fused-ring (bicyclic) bond motifs is 1. The van der Waals surface area contributed by atoms with Crippen molar-refractivity contribution in [2.45, 2.75) is 33.2 Å². The first-order valence-electron chi connectivity index (χ1n) is 7.52. The highest BCUT2D eigenvalue weighted by molar-refractivity contribution is 5.95. The first-order valence-corrected chi connectivity index (χ1v) is 7.52. The predicted molar refractivity (Wildman–Crippen MR) is 81.6 cm³/mol. The van der Waals surface area contributed by atoms with Crippen LogP contribution >= 0.6 is 0 Å². The number of carboxylic acid groups (broad SMARTS) is 1. The molecule has 4 heteroatoms. The van der Waals surface area contributed by atoms with Crippen molar-refractivity contribution in [2.75, 3.05) is 13.1 Å². The fourth-order valence-electron chi connectivity index (χ4n) is 3.05. The van der Waals surface area contributed by atoms with Crippen molar-refractivity contribution in [2.24, 2.45) is 5.92 Å². The molecule has 0 saturated carbocycles. The Kier molecular flexibility index (Phi) is 3.72. The summed E-state index contributed by atoms with van der Waals surface area (Å²) in [5.74, 6) is -0.123. The largest absolute Gasteiger partial charge is 0.475 e. The Morgan fingerprint density at radius 1 is 1.38 bits per heavy atom. The second kappa shape index (κ2) is 5.53. The molecule has 0 aliphatic carbocycles. The van der Waals surface area contributed by atoms with E-state index in [1.54, 1.807) is 0 Å². The van der Waals surface area contributed by atoms with Crippen molar-refractivity contribution < 1.29 is 14.3 Å². The molecule has 4 nitrogen and oxygen atoms in total. The number of carboxylic acids is 1. The second-order valence-corrected chi connectivity index (χ2v) is 6.15. The van der Waals surface area contributed by atoms with Crippen molar-refractivity contribution in [3.05, 3.63) is 35.1 Å². The minimum atomic E-state index is -1.00. The first kappa shape index (κ1) is 14.1. The summed E-state index contributed by atoms with van der Waals surface area (Å²) in [6.45, 7) is 7.33. The summed E-state index contributed by atoms with van der Waals surface area (Å²) < 4.78 is 5.41. The van der Waals surface area contributed by atoms with Gasteiger partial charge < -0.3 is 9.52 Å². The topological polar surface area (TPSA) is 53.7 Å². The van der Waals surface area contributed by atoms with E-state index in [0.29, 0.717) is 11.1 Å². The summed E-state index contributed by atoms with van der Waals surface area (Å²) in [7, 11) is 0. The summed E-state index contributed by atoms with van der Waals surface area (Å²) in [4.78, 5) is 13.6. The van der Waals surface area contributed by atoms with Gasteiger partial charge in [0, 0.05) is 17.5 Å². The monoisotopic (exact) mass is 287 g/mol. The van der Waals surface area contributed by atoms with Crippen molar-refractivity contribution in [1.29, 1.82) is 0 Å². The predicted octanol–water partition coefficient (Wildman–Crippen LogP) is 3.67. The van der Waals surface area contributed by atoms with Crippen LogP contribution in [0.3, 0.4) is 0 Å². The van der Waals surface area contributed by atoms with Gasteiger partial charge >= 0.3 is 5.97 Å². The summed E-state index contributed by atoms with van der Waals surface area (Å²) in [6.07, 6.45) is 2.52. The number of nitrogens with zero attached hydrogens (tertiary/aromatic N) is 1. The summed E-state index contributed by atoms with van der Waals surface area (Å²) in [6, 6.07) is 5.99. The molecule has 112 valence electrons. The molecule has 0 radical (unpaired) electrons. The number of hydrogen-bond acceptors (Lipinski definition) is 3. The van der Waals surface area contributed by atoms with Crippen molar-refractivity contribution in [1.82, 2.24) is 4.90 Å². The van der Waals surface area contributed by atoms with Crippen molar-refractivity contribution >= 4 is 16.9 Å². The number of furan rings is 1. The van der Waals surface area contributed by atoms with Crippen LogP contribution in [0.4, 0.5) is 0 Å². The zero-order valence-corrected chi connectivity index (χ0v) is 12.6. The van der Waals surface area contributed by atoms with Gasteiger partial charge in [0.15, 0.2) is 0 Å². The Balaban J connectivity index is 1.84. The first-order chi connectivity index (χ1) is 10.0. The maximum absolute atomic E-state index is 11.1. The van der Waals surface area contributed by atoms with Gasteiger partial charge in [0.2, 0.25) is 5.76 Å². The standard InChI is InChI=1S/C17H21NO3/c1-11-5-7-18(8-6-11)10-13-3-4-15-14(9-13)12(2)16(21-15)17(19)20/h3-4,9,11H,5-8,10H2,1-2H3,(H,19,20). The number of hydrogen-bond donors (Lipinski definition) is 1. The molecular formula is C17H21NO3. The van der Waals surface area contributed by atoms with E-state index < -0.39 is 5.97 Å². The van der Waals surface area contributed by atoms with E-state index in [2.05, 4.69) is 17.9 Å². The Morgan fingerprint density at radius 2 is 2.10 bits per heavy atom. The molecule has 1 saturated heterocycles. The number of carbonyl (C=O) groups is 1. The highest BCUT2D eigenvalue weighted by atomic mass is 16.4. The van der Waals surface area contributed by atoms with Gasteiger partial charge in [-0.25, -0.2) is 4.79 Å². The molecule has 2 aromatic rings. The Labute approximate surface area is 124 Å². The third-order valence-corrected chi connectivity index (χ3v) is 4.48. The van der Waals surface area contributed by atoms with Crippen LogP contribution in [0.15, 0.2) is 22.6 Å². The molecule has 0 amide bonds. The van der Waals surface area contributed by atoms with Gasteiger partial charge in [-0.1, -0.05) is 13.0 Å². The maximum atomic E-state index is 11.1. The zero-order chi connectivity index (χ0) is 15.0. The molecule has 21 heavy (non-hydrogen) atoms. The zero-order valence-electron chi connectivity index (χ0n) is 12.6. The van der Waals surface area contributed by atoms with Crippen LogP contribution in [0.1, 0.15) is 41.4 Å². The van der Waals surface area contributed by atoms with Gasteiger partial charge in [-0.05, 0) is 56.5 Å². The fraction of sp³-hybridized carbons (Fsp3) is 0.471. The Hall–Kier alpha value is -1.81. The normalized spacial score (nSPS) is 17.4. The Morgan fingerprint density at radius 3 is 2.76 bits per heavy atom. The summed E-state index contributed by atoms with van der Waals surface area (Å²) in [5, 5.41) is 10.0. The van der Waals surface area contributed by atoms with Gasteiger partial charge in [-0.15, -0.1) is 0 Å². The molecule has 0 bridgehead atoms. The number of likely N-dealkylation sites (tertiary alicyclic amines) is 1. The highest BCUT2D eigenvalue weighted by Gasteiger charge is 2.18. The van der Waals surface area contributed by atoms with E-state index in [-0.39, 0.29) is 5.76 Å². The minimum Gasteiger partial charge on any atom is -0.475 e.